The monoisotopic (exact) mass is 398 g/mol. The van der Waals surface area contributed by atoms with Gasteiger partial charge in [0.05, 0.1) is 25.0 Å². The Morgan fingerprint density at radius 3 is 2.48 bits per heavy atom. The molecule has 1 saturated heterocycles. The highest BCUT2D eigenvalue weighted by Gasteiger charge is 2.28. The first-order chi connectivity index (χ1) is 12.7. The molecule has 0 radical (unpaired) electrons. The fraction of sp³-hybridized carbons (Fsp3) is 0.556. The van der Waals surface area contributed by atoms with Crippen LogP contribution in [-0.4, -0.2) is 74.5 Å². The van der Waals surface area contributed by atoms with Crippen molar-refractivity contribution in [3.63, 3.8) is 0 Å². The van der Waals surface area contributed by atoms with Crippen molar-refractivity contribution in [1.29, 1.82) is 0 Å². The lowest BCUT2D eigenvalue weighted by molar-refractivity contribution is -0.138. The second kappa shape index (κ2) is 9.29. The Morgan fingerprint density at radius 2 is 1.89 bits per heavy atom. The van der Waals surface area contributed by atoms with Crippen molar-refractivity contribution < 1.29 is 27.9 Å². The summed E-state index contributed by atoms with van der Waals surface area (Å²) in [5.74, 6) is -1.49. The van der Waals surface area contributed by atoms with Gasteiger partial charge in [-0.25, -0.2) is 17.5 Å². The molecule has 9 heteroatoms. The summed E-state index contributed by atoms with van der Waals surface area (Å²) in [6.07, 6.45) is 2.06. The molecule has 150 valence electrons. The van der Waals surface area contributed by atoms with E-state index in [4.69, 9.17) is 5.11 Å². The van der Waals surface area contributed by atoms with E-state index in [1.54, 1.807) is 36.2 Å². The normalized spacial score (nSPS) is 18.9. The number of sulfonamides is 1. The Kier molecular flexibility index (Phi) is 7.34. The van der Waals surface area contributed by atoms with Crippen LogP contribution in [0.1, 0.15) is 35.2 Å². The van der Waals surface area contributed by atoms with Gasteiger partial charge in [0.2, 0.25) is 10.0 Å². The lowest BCUT2D eigenvalue weighted by Crippen LogP contribution is -2.37. The molecule has 1 heterocycles. The summed E-state index contributed by atoms with van der Waals surface area (Å²) in [6.45, 7) is 0.751. The maximum absolute atomic E-state index is 12.8. The highest BCUT2D eigenvalue weighted by atomic mass is 32.2. The van der Waals surface area contributed by atoms with Gasteiger partial charge in [0, 0.05) is 19.1 Å². The van der Waals surface area contributed by atoms with Crippen LogP contribution in [0.3, 0.4) is 0 Å². The molecule has 1 unspecified atom stereocenters. The van der Waals surface area contributed by atoms with Gasteiger partial charge < -0.3 is 9.84 Å². The lowest BCUT2D eigenvalue weighted by atomic mass is 10.1. The van der Waals surface area contributed by atoms with E-state index in [0.717, 1.165) is 6.42 Å². The van der Waals surface area contributed by atoms with Gasteiger partial charge in [0.1, 0.15) is 0 Å². The number of carbonyl (C=O) groups is 2. The molecule has 1 aromatic carbocycles. The highest BCUT2D eigenvalue weighted by molar-refractivity contribution is 7.88. The topological polar surface area (TPSA) is 104 Å². The molecular weight excluding hydrogens is 372 g/mol. The molecule has 0 saturated carbocycles. The van der Waals surface area contributed by atoms with Gasteiger partial charge in [-0.3, -0.25) is 9.69 Å². The molecule has 0 amide bonds. The van der Waals surface area contributed by atoms with Crippen LogP contribution in [0.4, 0.5) is 0 Å². The average Bonchev–Trinajstić information content (AvgIpc) is 2.87. The first kappa shape index (κ1) is 21.3. The Bertz CT molecular complexity index is 763. The molecule has 1 aromatic rings. The number of carbonyl (C=O) groups excluding carboxylic acids is 1. The maximum Gasteiger partial charge on any atom is 0.337 e. The molecule has 1 N–H and O–H groups in total. The van der Waals surface area contributed by atoms with Crippen molar-refractivity contribution in [3.05, 3.63) is 35.4 Å². The molecule has 0 aromatic heterocycles. The number of hydrogen-bond acceptors (Lipinski definition) is 6. The minimum absolute atomic E-state index is 0.0516. The predicted molar refractivity (Wildman–Crippen MR) is 99.9 cm³/mol. The fourth-order valence-electron chi connectivity index (χ4n) is 3.27. The molecule has 1 atom stereocenters. The first-order valence-corrected chi connectivity index (χ1v) is 10.4. The average molecular weight is 398 g/mol. The molecule has 0 aliphatic carbocycles. The molecule has 1 fully saturated rings. The number of benzene rings is 1. The first-order valence-electron chi connectivity index (χ1n) is 8.80. The summed E-state index contributed by atoms with van der Waals surface area (Å²) in [5.41, 5.74) is 0.976. The van der Waals surface area contributed by atoms with Crippen LogP contribution in [0.2, 0.25) is 0 Å². The van der Waals surface area contributed by atoms with Gasteiger partial charge in [-0.15, -0.1) is 0 Å². The van der Waals surface area contributed by atoms with E-state index < -0.39 is 22.0 Å². The van der Waals surface area contributed by atoms with Crippen molar-refractivity contribution in [1.82, 2.24) is 9.21 Å². The molecular formula is C18H26N2O6S. The summed E-state index contributed by atoms with van der Waals surface area (Å²) in [4.78, 5) is 24.1. The van der Waals surface area contributed by atoms with Crippen molar-refractivity contribution in [2.24, 2.45) is 0 Å². The van der Waals surface area contributed by atoms with Gasteiger partial charge in [-0.2, -0.15) is 0 Å². The second-order valence-corrected chi connectivity index (χ2v) is 8.71. The van der Waals surface area contributed by atoms with Crippen molar-refractivity contribution in [2.45, 2.75) is 31.1 Å². The molecule has 0 spiro atoms. The minimum atomic E-state index is -3.49. The zero-order chi connectivity index (χ0) is 20.0. The summed E-state index contributed by atoms with van der Waals surface area (Å²) >= 11 is 0. The maximum atomic E-state index is 12.8. The number of methoxy groups -OCH3 is 1. The summed E-state index contributed by atoms with van der Waals surface area (Å²) in [6, 6.07) is 6.39. The largest absolute Gasteiger partial charge is 0.480 e. The number of hydrogen-bond donors (Lipinski definition) is 1. The predicted octanol–water partition coefficient (Wildman–Crippen LogP) is 1.17. The minimum Gasteiger partial charge on any atom is -0.480 e. The molecule has 1 aliphatic rings. The Labute approximate surface area is 159 Å². The Morgan fingerprint density at radius 1 is 1.22 bits per heavy atom. The summed E-state index contributed by atoms with van der Waals surface area (Å²) < 4.78 is 31.6. The number of carboxylic acids is 1. The van der Waals surface area contributed by atoms with E-state index in [-0.39, 0.29) is 18.3 Å². The number of aliphatic carboxylic acids is 1. The van der Waals surface area contributed by atoms with E-state index in [9.17, 15) is 18.0 Å². The molecule has 1 aliphatic heterocycles. The van der Waals surface area contributed by atoms with Crippen LogP contribution in [-0.2, 0) is 25.3 Å². The number of ether oxygens (including phenoxy) is 1. The van der Waals surface area contributed by atoms with Gasteiger partial charge >= 0.3 is 11.9 Å². The third-order valence-electron chi connectivity index (χ3n) is 4.78. The quantitative estimate of drug-likeness (QED) is 0.688. The van der Waals surface area contributed by atoms with Gasteiger partial charge in [0.25, 0.3) is 0 Å². The zero-order valence-electron chi connectivity index (χ0n) is 15.6. The van der Waals surface area contributed by atoms with E-state index in [1.165, 1.54) is 11.4 Å². The van der Waals surface area contributed by atoms with Crippen molar-refractivity contribution in [3.8, 4) is 0 Å². The Hall–Kier alpha value is -1.97. The lowest BCUT2D eigenvalue weighted by Gasteiger charge is -2.25. The molecule has 2 rings (SSSR count). The molecule has 0 bridgehead atoms. The van der Waals surface area contributed by atoms with Crippen LogP contribution in [0, 0.1) is 0 Å². The van der Waals surface area contributed by atoms with E-state index >= 15 is 0 Å². The van der Waals surface area contributed by atoms with E-state index in [0.29, 0.717) is 37.1 Å². The summed E-state index contributed by atoms with van der Waals surface area (Å²) in [7, 11) is -0.440. The van der Waals surface area contributed by atoms with Crippen LogP contribution in [0.25, 0.3) is 0 Å². The fourth-order valence-corrected chi connectivity index (χ4v) is 4.86. The number of likely N-dealkylation sites (N-methyl/N-ethyl adjacent to an activating group) is 1. The zero-order valence-corrected chi connectivity index (χ0v) is 16.4. The van der Waals surface area contributed by atoms with E-state index in [2.05, 4.69) is 4.74 Å². The van der Waals surface area contributed by atoms with Crippen LogP contribution in [0.5, 0.6) is 0 Å². The number of carboxylic acid groups (broad SMARTS) is 1. The molecule has 8 nitrogen and oxygen atoms in total. The van der Waals surface area contributed by atoms with Crippen molar-refractivity contribution in [2.75, 3.05) is 33.8 Å². The second-order valence-electron chi connectivity index (χ2n) is 6.74. The van der Waals surface area contributed by atoms with Crippen LogP contribution < -0.4 is 0 Å². The van der Waals surface area contributed by atoms with Gasteiger partial charge in [-0.1, -0.05) is 12.1 Å². The highest BCUT2D eigenvalue weighted by Crippen LogP contribution is 2.20. The van der Waals surface area contributed by atoms with Gasteiger partial charge in [0.15, 0.2) is 0 Å². The molecule has 27 heavy (non-hydrogen) atoms. The third kappa shape index (κ3) is 6.02. The SMILES string of the molecule is COC(=O)c1ccc(CS(=O)(=O)N2CCCC(N(C)CC(=O)O)CC2)cc1. The smallest absolute Gasteiger partial charge is 0.337 e. The Balaban J connectivity index is 2.00. The van der Waals surface area contributed by atoms with Gasteiger partial charge in [-0.05, 0) is 44.0 Å². The number of nitrogens with zero attached hydrogens (tertiary/aromatic N) is 2. The third-order valence-corrected chi connectivity index (χ3v) is 6.63. The van der Waals surface area contributed by atoms with Crippen LogP contribution in [0.15, 0.2) is 24.3 Å². The number of rotatable bonds is 7. The summed E-state index contributed by atoms with van der Waals surface area (Å²) in [5, 5.41) is 8.92. The standard InChI is InChI=1S/C18H26N2O6S/c1-19(12-17(21)22)16-4-3-10-20(11-9-16)27(24,25)13-14-5-7-15(8-6-14)18(23)26-2/h5-8,16H,3-4,9-13H2,1-2H3,(H,21,22). The van der Waals surface area contributed by atoms with E-state index in [1.807, 2.05) is 0 Å². The van der Waals surface area contributed by atoms with Crippen LogP contribution >= 0.6 is 0 Å². The van der Waals surface area contributed by atoms with Crippen molar-refractivity contribution >= 4 is 22.0 Å². The number of esters is 1.